The molecule has 1 aliphatic heterocycles. The van der Waals surface area contributed by atoms with Gasteiger partial charge in [-0.25, -0.2) is 9.37 Å². The highest BCUT2D eigenvalue weighted by Crippen LogP contribution is 2.16. The summed E-state index contributed by atoms with van der Waals surface area (Å²) < 4.78 is 15.1. The molecule has 29 heavy (non-hydrogen) atoms. The van der Waals surface area contributed by atoms with Gasteiger partial charge in [0.05, 0.1) is 24.1 Å². The molecule has 152 valence electrons. The van der Waals surface area contributed by atoms with Crippen molar-refractivity contribution in [1.82, 2.24) is 24.7 Å². The molecule has 3 aromatic rings. The molecule has 1 N–H and O–H groups in total. The van der Waals surface area contributed by atoms with E-state index in [2.05, 4.69) is 32.8 Å². The first-order chi connectivity index (χ1) is 14.1. The van der Waals surface area contributed by atoms with Crippen molar-refractivity contribution in [3.8, 4) is 0 Å². The number of piperazine rings is 1. The molecule has 2 heterocycles. The van der Waals surface area contributed by atoms with Crippen LogP contribution in [0.1, 0.15) is 11.4 Å². The molecular weight excluding hydrogens is 369 g/mol. The maximum Gasteiger partial charge on any atom is 0.234 e. The van der Waals surface area contributed by atoms with Crippen LogP contribution in [0.25, 0.3) is 11.0 Å². The monoisotopic (exact) mass is 395 g/mol. The van der Waals surface area contributed by atoms with Gasteiger partial charge in [-0.05, 0) is 29.8 Å². The number of halogens is 1. The lowest BCUT2D eigenvalue weighted by Crippen LogP contribution is -2.49. The molecule has 7 heteroatoms. The summed E-state index contributed by atoms with van der Waals surface area (Å²) in [5.74, 6) is 0.798. The lowest BCUT2D eigenvalue weighted by atomic mass is 10.2. The number of hydrogen-bond acceptors (Lipinski definition) is 4. The number of fused-ring (bicyclic) bond motifs is 1. The van der Waals surface area contributed by atoms with E-state index in [0.717, 1.165) is 55.1 Å². The fourth-order valence-electron chi connectivity index (χ4n) is 3.70. The molecule has 0 unspecified atom stereocenters. The summed E-state index contributed by atoms with van der Waals surface area (Å²) in [6, 6.07) is 14.4. The number of aromatic nitrogens is 2. The van der Waals surface area contributed by atoms with E-state index in [9.17, 15) is 9.18 Å². The van der Waals surface area contributed by atoms with Gasteiger partial charge < -0.3 is 9.88 Å². The van der Waals surface area contributed by atoms with Crippen LogP contribution in [-0.4, -0.2) is 58.0 Å². The molecule has 2 aromatic carbocycles. The summed E-state index contributed by atoms with van der Waals surface area (Å²) in [6.07, 6.45) is 0. The topological polar surface area (TPSA) is 53.4 Å². The number of nitrogens with one attached hydrogen (secondary N) is 1. The zero-order valence-corrected chi connectivity index (χ0v) is 16.6. The van der Waals surface area contributed by atoms with Crippen molar-refractivity contribution in [2.45, 2.75) is 13.1 Å². The number of carbonyl (C=O) groups excluding carboxylic acids is 1. The van der Waals surface area contributed by atoms with Gasteiger partial charge in [0.15, 0.2) is 0 Å². The van der Waals surface area contributed by atoms with Crippen LogP contribution < -0.4 is 5.32 Å². The minimum absolute atomic E-state index is 0.00174. The third-order valence-corrected chi connectivity index (χ3v) is 5.48. The highest BCUT2D eigenvalue weighted by atomic mass is 19.1. The van der Waals surface area contributed by atoms with E-state index in [1.54, 1.807) is 12.1 Å². The first kappa shape index (κ1) is 19.5. The van der Waals surface area contributed by atoms with Gasteiger partial charge in [0.1, 0.15) is 11.6 Å². The molecule has 0 saturated carbocycles. The number of carbonyl (C=O) groups is 1. The van der Waals surface area contributed by atoms with E-state index in [0.29, 0.717) is 13.1 Å². The molecule has 4 rings (SSSR count). The highest BCUT2D eigenvalue weighted by Gasteiger charge is 2.20. The minimum atomic E-state index is -0.267. The number of rotatable bonds is 6. The standard InChI is InChI=1S/C22H26FN5O/c1-26-20-5-3-2-4-19(20)25-21(26)15-27-10-12-28(13-11-27)16-22(29)24-14-17-6-8-18(23)9-7-17/h2-9H,10-16H2,1H3,(H,24,29). The summed E-state index contributed by atoms with van der Waals surface area (Å²) in [7, 11) is 2.06. The molecular formula is C22H26FN5O. The Morgan fingerprint density at radius 3 is 2.45 bits per heavy atom. The molecule has 1 amide bonds. The fourth-order valence-corrected chi connectivity index (χ4v) is 3.70. The van der Waals surface area contributed by atoms with Crippen LogP contribution >= 0.6 is 0 Å². The van der Waals surface area contributed by atoms with Gasteiger partial charge in [-0.1, -0.05) is 24.3 Å². The molecule has 1 aliphatic rings. The normalized spacial score (nSPS) is 15.7. The summed E-state index contributed by atoms with van der Waals surface area (Å²) in [5, 5.41) is 2.91. The quantitative estimate of drug-likeness (QED) is 0.695. The molecule has 0 radical (unpaired) electrons. The average Bonchev–Trinajstić information content (AvgIpc) is 3.05. The third kappa shape index (κ3) is 4.81. The Balaban J connectivity index is 1.23. The van der Waals surface area contributed by atoms with Gasteiger partial charge in [-0.3, -0.25) is 14.6 Å². The molecule has 0 atom stereocenters. The van der Waals surface area contributed by atoms with Gasteiger partial charge in [0.25, 0.3) is 0 Å². The van der Waals surface area contributed by atoms with Gasteiger partial charge in [-0.15, -0.1) is 0 Å². The summed E-state index contributed by atoms with van der Waals surface area (Å²) in [4.78, 5) is 21.5. The van der Waals surface area contributed by atoms with Crippen LogP contribution in [0.4, 0.5) is 4.39 Å². The van der Waals surface area contributed by atoms with Crippen LogP contribution in [0.3, 0.4) is 0 Å². The van der Waals surface area contributed by atoms with Crippen LogP contribution in [0.15, 0.2) is 48.5 Å². The predicted octanol–water partition coefficient (Wildman–Crippen LogP) is 2.15. The Hall–Kier alpha value is -2.77. The van der Waals surface area contributed by atoms with Crippen molar-refractivity contribution in [1.29, 1.82) is 0 Å². The van der Waals surface area contributed by atoms with Crippen molar-refractivity contribution in [3.05, 3.63) is 65.7 Å². The minimum Gasteiger partial charge on any atom is -0.351 e. The second kappa shape index (κ2) is 8.71. The van der Waals surface area contributed by atoms with E-state index in [-0.39, 0.29) is 11.7 Å². The number of amides is 1. The molecule has 0 bridgehead atoms. The third-order valence-electron chi connectivity index (χ3n) is 5.48. The number of imidazole rings is 1. The molecule has 0 aliphatic carbocycles. The average molecular weight is 395 g/mol. The van der Waals surface area contributed by atoms with Gasteiger partial charge in [0.2, 0.25) is 5.91 Å². The van der Waals surface area contributed by atoms with E-state index < -0.39 is 0 Å². The van der Waals surface area contributed by atoms with Crippen molar-refractivity contribution in [3.63, 3.8) is 0 Å². The van der Waals surface area contributed by atoms with E-state index in [1.807, 2.05) is 18.2 Å². The largest absolute Gasteiger partial charge is 0.351 e. The Labute approximate surface area is 169 Å². The molecule has 1 fully saturated rings. The maximum absolute atomic E-state index is 12.9. The Bertz CT molecular complexity index is 977. The van der Waals surface area contributed by atoms with E-state index in [4.69, 9.17) is 4.98 Å². The fraction of sp³-hybridized carbons (Fsp3) is 0.364. The SMILES string of the molecule is Cn1c(CN2CCN(CC(=O)NCc3ccc(F)cc3)CC2)nc2ccccc21. The number of nitrogens with zero attached hydrogens (tertiary/aromatic N) is 4. The van der Waals surface area contributed by atoms with Crippen LogP contribution in [0, 0.1) is 5.82 Å². The van der Waals surface area contributed by atoms with Crippen LogP contribution in [0.2, 0.25) is 0 Å². The van der Waals surface area contributed by atoms with Crippen molar-refractivity contribution in [2.75, 3.05) is 32.7 Å². The molecule has 0 spiro atoms. The van der Waals surface area contributed by atoms with Gasteiger partial charge in [0, 0.05) is 39.8 Å². The second-order valence-corrected chi connectivity index (χ2v) is 7.53. The van der Waals surface area contributed by atoms with Crippen molar-refractivity contribution >= 4 is 16.9 Å². The molecule has 6 nitrogen and oxygen atoms in total. The number of hydrogen-bond donors (Lipinski definition) is 1. The predicted molar refractivity (Wildman–Crippen MR) is 111 cm³/mol. The number of benzene rings is 2. The second-order valence-electron chi connectivity index (χ2n) is 7.53. The Morgan fingerprint density at radius 2 is 1.72 bits per heavy atom. The van der Waals surface area contributed by atoms with Crippen LogP contribution in [0.5, 0.6) is 0 Å². The molecule has 1 saturated heterocycles. The lowest BCUT2D eigenvalue weighted by Gasteiger charge is -2.34. The van der Waals surface area contributed by atoms with Gasteiger partial charge >= 0.3 is 0 Å². The van der Waals surface area contributed by atoms with E-state index in [1.165, 1.54) is 12.1 Å². The number of aryl methyl sites for hydroxylation is 1. The van der Waals surface area contributed by atoms with Gasteiger partial charge in [-0.2, -0.15) is 0 Å². The van der Waals surface area contributed by atoms with Crippen molar-refractivity contribution < 1.29 is 9.18 Å². The molecule has 1 aromatic heterocycles. The Kier molecular flexibility index (Phi) is 5.87. The highest BCUT2D eigenvalue weighted by molar-refractivity contribution is 5.78. The van der Waals surface area contributed by atoms with Crippen molar-refractivity contribution in [2.24, 2.45) is 7.05 Å². The number of para-hydroxylation sites is 2. The smallest absolute Gasteiger partial charge is 0.234 e. The zero-order valence-electron chi connectivity index (χ0n) is 16.6. The maximum atomic E-state index is 12.9. The lowest BCUT2D eigenvalue weighted by molar-refractivity contribution is -0.122. The first-order valence-corrected chi connectivity index (χ1v) is 9.95. The Morgan fingerprint density at radius 1 is 1.03 bits per heavy atom. The zero-order chi connectivity index (χ0) is 20.2. The summed E-state index contributed by atoms with van der Waals surface area (Å²) >= 11 is 0. The summed E-state index contributed by atoms with van der Waals surface area (Å²) in [6.45, 7) is 5.16. The van der Waals surface area contributed by atoms with Crippen LogP contribution in [-0.2, 0) is 24.9 Å². The summed E-state index contributed by atoms with van der Waals surface area (Å²) in [5.41, 5.74) is 3.08. The first-order valence-electron chi connectivity index (χ1n) is 9.95. The van der Waals surface area contributed by atoms with E-state index >= 15 is 0 Å².